The highest BCUT2D eigenvalue weighted by Gasteiger charge is 2.35. The maximum absolute atomic E-state index is 11.7. The standard InChI is InChI=1S/C13H25NO3/c1-4-11(12(15)17-5-2)14(3)10-13(16)8-6-7-9-13/h11,16H,4-10H2,1-3H3. The third kappa shape index (κ3) is 3.96. The van der Waals surface area contributed by atoms with Gasteiger partial charge in [-0.1, -0.05) is 19.8 Å². The van der Waals surface area contributed by atoms with E-state index in [1.54, 1.807) is 0 Å². The topological polar surface area (TPSA) is 49.8 Å². The van der Waals surface area contributed by atoms with Crippen molar-refractivity contribution in [2.75, 3.05) is 20.2 Å². The molecule has 4 nitrogen and oxygen atoms in total. The van der Waals surface area contributed by atoms with Gasteiger partial charge in [0, 0.05) is 6.54 Å². The third-order valence-electron chi connectivity index (χ3n) is 3.56. The lowest BCUT2D eigenvalue weighted by Gasteiger charge is -2.32. The van der Waals surface area contributed by atoms with Crippen LogP contribution in [0.5, 0.6) is 0 Å². The Hall–Kier alpha value is -0.610. The third-order valence-corrected chi connectivity index (χ3v) is 3.56. The van der Waals surface area contributed by atoms with Crippen molar-refractivity contribution in [1.82, 2.24) is 4.90 Å². The number of nitrogens with zero attached hydrogens (tertiary/aromatic N) is 1. The zero-order chi connectivity index (χ0) is 12.9. The lowest BCUT2D eigenvalue weighted by atomic mass is 10.0. The van der Waals surface area contributed by atoms with Gasteiger partial charge in [-0.05, 0) is 33.2 Å². The fraction of sp³-hybridized carbons (Fsp3) is 0.923. The largest absolute Gasteiger partial charge is 0.465 e. The van der Waals surface area contributed by atoms with E-state index in [9.17, 15) is 9.90 Å². The summed E-state index contributed by atoms with van der Waals surface area (Å²) in [5.74, 6) is -0.181. The molecule has 1 N–H and O–H groups in total. The van der Waals surface area contributed by atoms with E-state index < -0.39 is 5.60 Å². The molecule has 1 unspecified atom stereocenters. The van der Waals surface area contributed by atoms with Gasteiger partial charge >= 0.3 is 5.97 Å². The minimum Gasteiger partial charge on any atom is -0.465 e. The molecule has 0 radical (unpaired) electrons. The van der Waals surface area contributed by atoms with Crippen molar-refractivity contribution in [3.05, 3.63) is 0 Å². The van der Waals surface area contributed by atoms with Crippen LogP contribution in [0.2, 0.25) is 0 Å². The Labute approximate surface area is 104 Å². The minimum atomic E-state index is -0.603. The number of esters is 1. The van der Waals surface area contributed by atoms with E-state index in [1.807, 2.05) is 25.8 Å². The van der Waals surface area contributed by atoms with Crippen molar-refractivity contribution in [1.29, 1.82) is 0 Å². The van der Waals surface area contributed by atoms with E-state index in [1.165, 1.54) is 0 Å². The van der Waals surface area contributed by atoms with Crippen molar-refractivity contribution < 1.29 is 14.6 Å². The van der Waals surface area contributed by atoms with Crippen molar-refractivity contribution in [3.8, 4) is 0 Å². The van der Waals surface area contributed by atoms with E-state index in [0.717, 1.165) is 25.7 Å². The second-order valence-electron chi connectivity index (χ2n) is 5.02. The van der Waals surface area contributed by atoms with Crippen LogP contribution in [-0.4, -0.2) is 47.8 Å². The molecule has 100 valence electrons. The monoisotopic (exact) mass is 243 g/mol. The Morgan fingerprint density at radius 1 is 1.41 bits per heavy atom. The number of rotatable bonds is 6. The molecule has 1 fully saturated rings. The Morgan fingerprint density at radius 3 is 2.47 bits per heavy atom. The van der Waals surface area contributed by atoms with Crippen LogP contribution in [-0.2, 0) is 9.53 Å². The Bertz CT molecular complexity index is 249. The van der Waals surface area contributed by atoms with E-state index in [0.29, 0.717) is 19.6 Å². The van der Waals surface area contributed by atoms with E-state index in [4.69, 9.17) is 4.74 Å². The second kappa shape index (κ2) is 6.36. The lowest BCUT2D eigenvalue weighted by Crippen LogP contribution is -2.47. The maximum atomic E-state index is 11.7. The maximum Gasteiger partial charge on any atom is 0.323 e. The molecule has 0 bridgehead atoms. The summed E-state index contributed by atoms with van der Waals surface area (Å²) in [5, 5.41) is 10.3. The van der Waals surface area contributed by atoms with E-state index in [2.05, 4.69) is 0 Å². The van der Waals surface area contributed by atoms with Crippen LogP contribution in [0.3, 0.4) is 0 Å². The molecule has 0 aromatic carbocycles. The van der Waals surface area contributed by atoms with Gasteiger partial charge in [-0.2, -0.15) is 0 Å². The summed E-state index contributed by atoms with van der Waals surface area (Å²) in [7, 11) is 1.89. The minimum absolute atomic E-state index is 0.181. The van der Waals surface area contributed by atoms with Crippen molar-refractivity contribution in [2.24, 2.45) is 0 Å². The highest BCUT2D eigenvalue weighted by molar-refractivity contribution is 5.75. The van der Waals surface area contributed by atoms with Crippen molar-refractivity contribution in [2.45, 2.75) is 57.6 Å². The first kappa shape index (κ1) is 14.5. The van der Waals surface area contributed by atoms with Gasteiger partial charge in [-0.15, -0.1) is 0 Å². The molecule has 0 heterocycles. The molecule has 1 atom stereocenters. The van der Waals surface area contributed by atoms with Crippen LogP contribution in [0.15, 0.2) is 0 Å². The summed E-state index contributed by atoms with van der Waals surface area (Å²) in [4.78, 5) is 13.7. The molecule has 1 aliphatic carbocycles. The fourth-order valence-corrected chi connectivity index (χ4v) is 2.66. The smallest absolute Gasteiger partial charge is 0.323 e. The van der Waals surface area contributed by atoms with Gasteiger partial charge < -0.3 is 9.84 Å². The van der Waals surface area contributed by atoms with Crippen molar-refractivity contribution >= 4 is 5.97 Å². The van der Waals surface area contributed by atoms with Gasteiger partial charge in [-0.25, -0.2) is 0 Å². The zero-order valence-corrected chi connectivity index (χ0v) is 11.2. The fourth-order valence-electron chi connectivity index (χ4n) is 2.66. The zero-order valence-electron chi connectivity index (χ0n) is 11.2. The first-order valence-electron chi connectivity index (χ1n) is 6.61. The van der Waals surface area contributed by atoms with Gasteiger partial charge in [-0.3, -0.25) is 9.69 Å². The quantitative estimate of drug-likeness (QED) is 0.719. The number of aliphatic hydroxyl groups is 1. The predicted octanol–water partition coefficient (Wildman–Crippen LogP) is 1.56. The number of carbonyl (C=O) groups excluding carboxylic acids is 1. The van der Waals surface area contributed by atoms with Crippen molar-refractivity contribution in [3.63, 3.8) is 0 Å². The van der Waals surface area contributed by atoms with Gasteiger partial charge in [0.15, 0.2) is 0 Å². The summed E-state index contributed by atoms with van der Waals surface area (Å²) in [6, 6.07) is -0.237. The normalized spacial score (nSPS) is 20.5. The summed E-state index contributed by atoms with van der Waals surface area (Å²) in [5.41, 5.74) is -0.603. The Morgan fingerprint density at radius 2 is 2.00 bits per heavy atom. The SMILES string of the molecule is CCOC(=O)C(CC)N(C)CC1(O)CCCC1. The van der Waals surface area contributed by atoms with Crippen LogP contribution in [0, 0.1) is 0 Å². The summed E-state index contributed by atoms with van der Waals surface area (Å²) >= 11 is 0. The molecule has 0 spiro atoms. The molecule has 17 heavy (non-hydrogen) atoms. The molecule has 0 aromatic rings. The average molecular weight is 243 g/mol. The molecular weight excluding hydrogens is 218 g/mol. The van der Waals surface area contributed by atoms with Crippen LogP contribution in [0.25, 0.3) is 0 Å². The van der Waals surface area contributed by atoms with Gasteiger partial charge in [0.05, 0.1) is 12.2 Å². The molecule has 0 aliphatic heterocycles. The second-order valence-corrected chi connectivity index (χ2v) is 5.02. The summed E-state index contributed by atoms with van der Waals surface area (Å²) in [6.07, 6.45) is 4.57. The van der Waals surface area contributed by atoms with Crippen LogP contribution >= 0.6 is 0 Å². The van der Waals surface area contributed by atoms with Gasteiger partial charge in [0.2, 0.25) is 0 Å². The number of carbonyl (C=O) groups is 1. The lowest BCUT2D eigenvalue weighted by molar-refractivity contribution is -0.150. The molecule has 0 saturated heterocycles. The first-order chi connectivity index (χ1) is 8.02. The van der Waals surface area contributed by atoms with E-state index >= 15 is 0 Å². The van der Waals surface area contributed by atoms with Gasteiger partial charge in [0.1, 0.15) is 6.04 Å². The Kier molecular flexibility index (Phi) is 5.40. The average Bonchev–Trinajstić information content (AvgIpc) is 2.66. The predicted molar refractivity (Wildman–Crippen MR) is 66.8 cm³/mol. The first-order valence-corrected chi connectivity index (χ1v) is 6.61. The highest BCUT2D eigenvalue weighted by Crippen LogP contribution is 2.30. The van der Waals surface area contributed by atoms with Crippen LogP contribution < -0.4 is 0 Å². The molecule has 0 amide bonds. The Balaban J connectivity index is 2.53. The molecule has 1 rings (SSSR count). The van der Waals surface area contributed by atoms with Gasteiger partial charge in [0.25, 0.3) is 0 Å². The van der Waals surface area contributed by atoms with Crippen LogP contribution in [0.4, 0.5) is 0 Å². The molecule has 4 heteroatoms. The number of hydrogen-bond acceptors (Lipinski definition) is 4. The summed E-state index contributed by atoms with van der Waals surface area (Å²) < 4.78 is 5.05. The summed E-state index contributed by atoms with van der Waals surface area (Å²) in [6.45, 7) is 4.75. The number of ether oxygens (including phenoxy) is 1. The van der Waals surface area contributed by atoms with E-state index in [-0.39, 0.29) is 12.0 Å². The van der Waals surface area contributed by atoms with Crippen LogP contribution in [0.1, 0.15) is 46.0 Å². The molecule has 0 aromatic heterocycles. The highest BCUT2D eigenvalue weighted by atomic mass is 16.5. The molecule has 1 saturated carbocycles. The molecular formula is C13H25NO3. The number of likely N-dealkylation sites (N-methyl/N-ethyl adjacent to an activating group) is 1. The molecule has 1 aliphatic rings. The number of hydrogen-bond donors (Lipinski definition) is 1.